The number of amides is 1. The summed E-state index contributed by atoms with van der Waals surface area (Å²) in [4.78, 5) is 12.6. The Morgan fingerprint density at radius 1 is 1.26 bits per heavy atom. The maximum atomic E-state index is 12.6. The van der Waals surface area contributed by atoms with Gasteiger partial charge in [0, 0.05) is 7.05 Å². The first kappa shape index (κ1) is 18.9. The molecule has 2 aromatic heterocycles. The molecule has 0 bridgehead atoms. The molecule has 0 spiro atoms. The number of thioether (sulfide) groups is 1. The predicted molar refractivity (Wildman–Crippen MR) is 102 cm³/mol. The molecule has 2 heterocycles. The van der Waals surface area contributed by atoms with E-state index in [9.17, 15) is 4.79 Å². The van der Waals surface area contributed by atoms with Gasteiger partial charge in [0.25, 0.3) is 0 Å². The van der Waals surface area contributed by atoms with Gasteiger partial charge in [-0.25, -0.2) is 0 Å². The highest BCUT2D eigenvalue weighted by Gasteiger charge is 2.21. The Morgan fingerprint density at radius 2 is 1.96 bits per heavy atom. The summed E-state index contributed by atoms with van der Waals surface area (Å²) in [6.07, 6.45) is 0. The van der Waals surface area contributed by atoms with Crippen molar-refractivity contribution < 1.29 is 9.53 Å². The van der Waals surface area contributed by atoms with E-state index in [1.165, 1.54) is 11.8 Å². The maximum Gasteiger partial charge on any atom is 0.237 e. The molecule has 1 aromatic carbocycles. The summed E-state index contributed by atoms with van der Waals surface area (Å²) in [5.41, 5.74) is 3.21. The number of hydrogen-bond acceptors (Lipinski definition) is 7. The largest absolute Gasteiger partial charge is 0.497 e. The van der Waals surface area contributed by atoms with Crippen LogP contribution in [0.1, 0.15) is 18.3 Å². The summed E-state index contributed by atoms with van der Waals surface area (Å²) in [6.45, 7) is 5.59. The number of aromatic nitrogens is 6. The number of methoxy groups -OCH3 is 1. The fourth-order valence-corrected chi connectivity index (χ4v) is 3.34. The van der Waals surface area contributed by atoms with Crippen molar-refractivity contribution in [2.75, 3.05) is 12.4 Å². The molecule has 27 heavy (non-hydrogen) atoms. The molecule has 0 unspecified atom stereocenters. The lowest BCUT2D eigenvalue weighted by atomic mass is 10.3. The van der Waals surface area contributed by atoms with Crippen molar-refractivity contribution in [3.05, 3.63) is 35.7 Å². The van der Waals surface area contributed by atoms with E-state index in [-0.39, 0.29) is 5.91 Å². The third kappa shape index (κ3) is 3.95. The Hall–Kier alpha value is -2.88. The molecule has 0 aliphatic heterocycles. The van der Waals surface area contributed by atoms with Crippen LogP contribution in [0.15, 0.2) is 29.4 Å². The van der Waals surface area contributed by atoms with E-state index >= 15 is 0 Å². The second-order valence-electron chi connectivity index (χ2n) is 5.99. The van der Waals surface area contributed by atoms with Crippen LogP contribution in [0.3, 0.4) is 0 Å². The summed E-state index contributed by atoms with van der Waals surface area (Å²) in [5.74, 6) is 0.611. The van der Waals surface area contributed by atoms with Gasteiger partial charge in [0.05, 0.1) is 35.1 Å². The summed E-state index contributed by atoms with van der Waals surface area (Å²) in [5, 5.41) is 19.2. The lowest BCUT2D eigenvalue weighted by molar-refractivity contribution is -0.115. The van der Waals surface area contributed by atoms with Gasteiger partial charge >= 0.3 is 0 Å². The SMILES string of the molecule is COc1ccc(-n2nnnc2S[C@H](C)C(=O)Nc2c(C)nn(C)c2C)cc1. The van der Waals surface area contributed by atoms with E-state index in [1.807, 2.05) is 52.1 Å². The number of benzene rings is 1. The quantitative estimate of drug-likeness (QED) is 0.647. The van der Waals surface area contributed by atoms with E-state index in [0.29, 0.717) is 5.16 Å². The normalized spacial score (nSPS) is 12.0. The van der Waals surface area contributed by atoms with Crippen LogP contribution in [-0.2, 0) is 11.8 Å². The van der Waals surface area contributed by atoms with Crippen molar-refractivity contribution in [1.82, 2.24) is 30.0 Å². The Labute approximate surface area is 161 Å². The molecule has 1 N–H and O–H groups in total. The molecule has 9 nitrogen and oxygen atoms in total. The van der Waals surface area contributed by atoms with Gasteiger partial charge in [-0.05, 0) is 55.5 Å². The van der Waals surface area contributed by atoms with Crippen LogP contribution in [0.5, 0.6) is 5.75 Å². The van der Waals surface area contributed by atoms with Crippen molar-refractivity contribution in [3.8, 4) is 11.4 Å². The van der Waals surface area contributed by atoms with Crippen LogP contribution in [0.4, 0.5) is 5.69 Å². The molecule has 142 valence electrons. The van der Waals surface area contributed by atoms with Gasteiger partial charge in [0.15, 0.2) is 0 Å². The summed E-state index contributed by atoms with van der Waals surface area (Å²) in [7, 11) is 3.46. The van der Waals surface area contributed by atoms with Gasteiger partial charge in [0.2, 0.25) is 11.1 Å². The number of nitrogens with one attached hydrogen (secondary N) is 1. The van der Waals surface area contributed by atoms with Gasteiger partial charge in [0.1, 0.15) is 5.75 Å². The molecule has 0 saturated heterocycles. The predicted octanol–water partition coefficient (Wildman–Crippen LogP) is 2.14. The number of ether oxygens (including phenoxy) is 1. The molecule has 0 saturated carbocycles. The Bertz CT molecular complexity index is 949. The third-order valence-corrected chi connectivity index (χ3v) is 5.20. The highest BCUT2D eigenvalue weighted by Crippen LogP contribution is 2.26. The summed E-state index contributed by atoms with van der Waals surface area (Å²) >= 11 is 1.28. The molecule has 0 aliphatic rings. The zero-order chi connectivity index (χ0) is 19.6. The molecule has 10 heteroatoms. The number of aryl methyl sites for hydroxylation is 2. The van der Waals surface area contributed by atoms with E-state index in [0.717, 1.165) is 28.5 Å². The van der Waals surface area contributed by atoms with Crippen LogP contribution >= 0.6 is 11.8 Å². The van der Waals surface area contributed by atoms with E-state index < -0.39 is 5.25 Å². The fourth-order valence-electron chi connectivity index (χ4n) is 2.53. The first-order chi connectivity index (χ1) is 12.9. The first-order valence-electron chi connectivity index (χ1n) is 8.31. The average Bonchev–Trinajstić information content (AvgIpc) is 3.21. The highest BCUT2D eigenvalue weighted by molar-refractivity contribution is 8.00. The van der Waals surface area contributed by atoms with E-state index in [4.69, 9.17) is 4.74 Å². The van der Waals surface area contributed by atoms with Gasteiger partial charge in [-0.1, -0.05) is 11.8 Å². The molecule has 1 amide bonds. The smallest absolute Gasteiger partial charge is 0.237 e. The minimum Gasteiger partial charge on any atom is -0.497 e. The van der Waals surface area contributed by atoms with E-state index in [1.54, 1.807) is 16.5 Å². The molecule has 0 aliphatic carbocycles. The van der Waals surface area contributed by atoms with Crippen LogP contribution in [0.25, 0.3) is 5.69 Å². The van der Waals surface area contributed by atoms with Crippen molar-refractivity contribution in [1.29, 1.82) is 0 Å². The number of carbonyl (C=O) groups excluding carboxylic acids is 1. The van der Waals surface area contributed by atoms with Gasteiger partial charge in [-0.15, -0.1) is 5.10 Å². The summed E-state index contributed by atoms with van der Waals surface area (Å²) < 4.78 is 8.50. The lowest BCUT2D eigenvalue weighted by Gasteiger charge is -2.12. The van der Waals surface area contributed by atoms with Crippen molar-refractivity contribution in [2.24, 2.45) is 7.05 Å². The molecular formula is C17H21N7O2S. The third-order valence-electron chi connectivity index (χ3n) is 4.17. The Morgan fingerprint density at radius 3 is 2.56 bits per heavy atom. The summed E-state index contributed by atoms with van der Waals surface area (Å²) in [6, 6.07) is 7.36. The van der Waals surface area contributed by atoms with Gasteiger partial charge < -0.3 is 10.1 Å². The van der Waals surface area contributed by atoms with Crippen LogP contribution in [0.2, 0.25) is 0 Å². The second-order valence-corrected chi connectivity index (χ2v) is 7.30. The van der Waals surface area contributed by atoms with Gasteiger partial charge in [-0.3, -0.25) is 9.48 Å². The molecular weight excluding hydrogens is 366 g/mol. The van der Waals surface area contributed by atoms with Crippen LogP contribution in [-0.4, -0.2) is 48.3 Å². The standard InChI is InChI=1S/C17H21N7O2S/c1-10-15(11(2)23(4)20-10)18-16(25)12(3)27-17-19-21-22-24(17)13-6-8-14(26-5)9-7-13/h6-9,12H,1-5H3,(H,18,25)/t12-/m1/s1. The fraction of sp³-hybridized carbons (Fsp3) is 0.353. The van der Waals surface area contributed by atoms with Gasteiger partial charge in [-0.2, -0.15) is 9.78 Å². The molecule has 1 atom stereocenters. The minimum atomic E-state index is -0.396. The number of tetrazole rings is 1. The topological polar surface area (TPSA) is 99.8 Å². The first-order valence-corrected chi connectivity index (χ1v) is 9.19. The number of nitrogens with zero attached hydrogens (tertiary/aromatic N) is 6. The maximum absolute atomic E-state index is 12.6. The average molecular weight is 387 g/mol. The monoisotopic (exact) mass is 387 g/mol. The second kappa shape index (κ2) is 7.78. The van der Waals surface area contributed by atoms with Crippen molar-refractivity contribution >= 4 is 23.4 Å². The lowest BCUT2D eigenvalue weighted by Crippen LogP contribution is -2.23. The number of anilines is 1. The Kier molecular flexibility index (Phi) is 5.45. The Balaban J connectivity index is 1.73. The molecule has 0 radical (unpaired) electrons. The number of hydrogen-bond donors (Lipinski definition) is 1. The number of carbonyl (C=O) groups is 1. The minimum absolute atomic E-state index is 0.136. The zero-order valence-electron chi connectivity index (χ0n) is 15.8. The molecule has 3 aromatic rings. The van der Waals surface area contributed by atoms with Crippen molar-refractivity contribution in [3.63, 3.8) is 0 Å². The van der Waals surface area contributed by atoms with Crippen molar-refractivity contribution in [2.45, 2.75) is 31.2 Å². The van der Waals surface area contributed by atoms with Crippen LogP contribution in [0, 0.1) is 13.8 Å². The zero-order valence-corrected chi connectivity index (χ0v) is 16.6. The molecule has 3 rings (SSSR count). The number of rotatable bonds is 6. The van der Waals surface area contributed by atoms with Crippen LogP contribution < -0.4 is 10.1 Å². The molecule has 0 fully saturated rings. The highest BCUT2D eigenvalue weighted by atomic mass is 32.2. The van der Waals surface area contributed by atoms with E-state index in [2.05, 4.69) is 25.9 Å².